The Kier molecular flexibility index (Phi) is 4.87. The van der Waals surface area contributed by atoms with E-state index in [2.05, 4.69) is 49.1 Å². The minimum Gasteiger partial charge on any atom is -0.391 e. The molecule has 148 valence electrons. The minimum atomic E-state index is -0.320. The molecule has 2 aromatic heterocycles. The highest BCUT2D eigenvalue weighted by atomic mass is 16.3. The molecule has 1 unspecified atom stereocenters. The van der Waals surface area contributed by atoms with Crippen LogP contribution in [0.25, 0.3) is 22.4 Å². The molecule has 3 atom stereocenters. The zero-order valence-corrected chi connectivity index (χ0v) is 16.2. The average Bonchev–Trinajstić information content (AvgIpc) is 3.47. The van der Waals surface area contributed by atoms with Gasteiger partial charge in [0.2, 0.25) is 0 Å². The molecule has 1 saturated carbocycles. The first kappa shape index (κ1) is 18.1. The first-order valence-electron chi connectivity index (χ1n) is 10.2. The van der Waals surface area contributed by atoms with Crippen molar-refractivity contribution in [1.82, 2.24) is 24.8 Å². The van der Waals surface area contributed by atoms with Crippen LogP contribution in [0, 0.1) is 5.92 Å². The van der Waals surface area contributed by atoms with E-state index in [-0.39, 0.29) is 12.1 Å². The van der Waals surface area contributed by atoms with Crippen LogP contribution in [0.15, 0.2) is 67.3 Å². The molecule has 2 aromatic carbocycles. The number of hydrogen-bond donors (Lipinski definition) is 3. The summed E-state index contributed by atoms with van der Waals surface area (Å²) in [7, 11) is 0. The Hall–Kier alpha value is -2.96. The molecule has 0 amide bonds. The molecule has 6 nitrogen and oxygen atoms in total. The van der Waals surface area contributed by atoms with Crippen LogP contribution in [0.5, 0.6) is 0 Å². The van der Waals surface area contributed by atoms with Crippen LogP contribution in [0.2, 0.25) is 0 Å². The number of imidazole rings is 2. The number of fused-ring (bicyclic) bond motifs is 1. The molecule has 2 heterocycles. The van der Waals surface area contributed by atoms with E-state index < -0.39 is 0 Å². The number of rotatable bonds is 6. The molecule has 1 fully saturated rings. The van der Waals surface area contributed by atoms with Crippen LogP contribution in [0.1, 0.15) is 18.4 Å². The summed E-state index contributed by atoms with van der Waals surface area (Å²) in [4.78, 5) is 12.0. The third kappa shape index (κ3) is 3.81. The lowest BCUT2D eigenvalue weighted by Gasteiger charge is -2.17. The zero-order valence-electron chi connectivity index (χ0n) is 16.2. The van der Waals surface area contributed by atoms with Crippen LogP contribution in [-0.2, 0) is 13.1 Å². The van der Waals surface area contributed by atoms with Gasteiger partial charge in [0.05, 0.1) is 23.5 Å². The van der Waals surface area contributed by atoms with Crippen molar-refractivity contribution in [2.24, 2.45) is 5.92 Å². The molecule has 0 saturated heterocycles. The SMILES string of the molecule is O[C@@H]1CC(Cn2ccnc2-c2ccccc2)C[C@H]1NCc1ccc2nc[nH]c2c1. The molecular formula is C23H25N5O. The summed E-state index contributed by atoms with van der Waals surface area (Å²) in [5.41, 5.74) is 4.34. The molecular weight excluding hydrogens is 362 g/mol. The maximum Gasteiger partial charge on any atom is 0.139 e. The highest BCUT2D eigenvalue weighted by molar-refractivity contribution is 5.75. The topological polar surface area (TPSA) is 78.8 Å². The van der Waals surface area contributed by atoms with Crippen molar-refractivity contribution < 1.29 is 5.11 Å². The van der Waals surface area contributed by atoms with E-state index in [1.165, 1.54) is 5.56 Å². The normalized spacial score (nSPS) is 21.8. The van der Waals surface area contributed by atoms with E-state index in [1.807, 2.05) is 36.7 Å². The Morgan fingerprint density at radius 2 is 2.00 bits per heavy atom. The van der Waals surface area contributed by atoms with Gasteiger partial charge in [-0.15, -0.1) is 0 Å². The molecule has 0 bridgehead atoms. The summed E-state index contributed by atoms with van der Waals surface area (Å²) in [6.07, 6.45) is 7.06. The van der Waals surface area contributed by atoms with Crippen molar-refractivity contribution >= 4 is 11.0 Å². The number of aromatic nitrogens is 4. The van der Waals surface area contributed by atoms with Gasteiger partial charge in [0, 0.05) is 37.1 Å². The maximum absolute atomic E-state index is 10.6. The van der Waals surface area contributed by atoms with Crippen LogP contribution < -0.4 is 5.32 Å². The van der Waals surface area contributed by atoms with Gasteiger partial charge in [0.25, 0.3) is 0 Å². The van der Waals surface area contributed by atoms with Crippen molar-refractivity contribution in [2.75, 3.05) is 0 Å². The van der Waals surface area contributed by atoms with Gasteiger partial charge in [-0.1, -0.05) is 36.4 Å². The number of nitrogens with zero attached hydrogens (tertiary/aromatic N) is 3. The molecule has 3 N–H and O–H groups in total. The Balaban J connectivity index is 1.22. The fourth-order valence-corrected chi connectivity index (χ4v) is 4.41. The van der Waals surface area contributed by atoms with Crippen molar-refractivity contribution in [3.63, 3.8) is 0 Å². The largest absolute Gasteiger partial charge is 0.391 e. The summed E-state index contributed by atoms with van der Waals surface area (Å²) >= 11 is 0. The predicted molar refractivity (Wildman–Crippen MR) is 113 cm³/mol. The Labute approximate surface area is 169 Å². The summed E-state index contributed by atoms with van der Waals surface area (Å²) in [6, 6.07) is 16.6. The van der Waals surface area contributed by atoms with Gasteiger partial charge < -0.3 is 20.0 Å². The highest BCUT2D eigenvalue weighted by Crippen LogP contribution is 2.29. The van der Waals surface area contributed by atoms with Crippen molar-refractivity contribution in [3.8, 4) is 11.4 Å². The zero-order chi connectivity index (χ0) is 19.6. The van der Waals surface area contributed by atoms with Crippen LogP contribution in [-0.4, -0.2) is 36.8 Å². The molecule has 29 heavy (non-hydrogen) atoms. The molecule has 5 rings (SSSR count). The second kappa shape index (κ2) is 7.81. The van der Waals surface area contributed by atoms with Crippen LogP contribution >= 0.6 is 0 Å². The van der Waals surface area contributed by atoms with Gasteiger partial charge in [-0.3, -0.25) is 0 Å². The highest BCUT2D eigenvalue weighted by Gasteiger charge is 2.33. The average molecular weight is 387 g/mol. The fraction of sp³-hybridized carbons (Fsp3) is 0.304. The lowest BCUT2D eigenvalue weighted by Crippen LogP contribution is -2.35. The number of nitrogens with one attached hydrogen (secondary N) is 2. The minimum absolute atomic E-state index is 0.112. The van der Waals surface area contributed by atoms with Gasteiger partial charge in [-0.2, -0.15) is 0 Å². The van der Waals surface area contributed by atoms with Crippen molar-refractivity contribution in [3.05, 3.63) is 72.8 Å². The third-order valence-corrected chi connectivity index (χ3v) is 5.88. The van der Waals surface area contributed by atoms with Crippen molar-refractivity contribution in [1.29, 1.82) is 0 Å². The fourth-order valence-electron chi connectivity index (χ4n) is 4.41. The summed E-state index contributed by atoms with van der Waals surface area (Å²) in [6.45, 7) is 1.61. The molecule has 4 aromatic rings. The van der Waals surface area contributed by atoms with E-state index in [9.17, 15) is 5.11 Å². The predicted octanol–water partition coefficient (Wildman–Crippen LogP) is 3.36. The van der Waals surface area contributed by atoms with Crippen molar-refractivity contribution in [2.45, 2.75) is 38.1 Å². The summed E-state index contributed by atoms with van der Waals surface area (Å²) in [5, 5.41) is 14.1. The summed E-state index contributed by atoms with van der Waals surface area (Å²) in [5.74, 6) is 1.42. The smallest absolute Gasteiger partial charge is 0.139 e. The van der Waals surface area contributed by atoms with E-state index >= 15 is 0 Å². The second-order valence-electron chi connectivity index (χ2n) is 7.92. The maximum atomic E-state index is 10.6. The van der Waals surface area contributed by atoms with Crippen LogP contribution in [0.3, 0.4) is 0 Å². The van der Waals surface area contributed by atoms with E-state index in [0.717, 1.165) is 48.4 Å². The van der Waals surface area contributed by atoms with Gasteiger partial charge >= 0.3 is 0 Å². The van der Waals surface area contributed by atoms with Crippen LogP contribution in [0.4, 0.5) is 0 Å². The molecule has 0 spiro atoms. The number of benzene rings is 2. The number of hydrogen-bond acceptors (Lipinski definition) is 4. The number of aromatic amines is 1. The first-order valence-corrected chi connectivity index (χ1v) is 10.2. The monoisotopic (exact) mass is 387 g/mol. The summed E-state index contributed by atoms with van der Waals surface area (Å²) < 4.78 is 2.21. The lowest BCUT2D eigenvalue weighted by molar-refractivity contribution is 0.145. The molecule has 1 aliphatic carbocycles. The second-order valence-corrected chi connectivity index (χ2v) is 7.92. The Bertz CT molecular complexity index is 1090. The first-order chi connectivity index (χ1) is 14.3. The molecule has 0 radical (unpaired) electrons. The van der Waals surface area contributed by atoms with Gasteiger partial charge in [0.1, 0.15) is 5.82 Å². The third-order valence-electron chi connectivity index (χ3n) is 5.88. The Morgan fingerprint density at radius 1 is 1.10 bits per heavy atom. The van der Waals surface area contributed by atoms with Gasteiger partial charge in [0.15, 0.2) is 0 Å². The quantitative estimate of drug-likeness (QED) is 0.474. The Morgan fingerprint density at radius 3 is 2.90 bits per heavy atom. The standard InChI is InChI=1S/C23H25N5O/c29-22-12-17(14-28-9-8-24-23(28)18-4-2-1-3-5-18)11-21(22)25-13-16-6-7-19-20(10-16)27-15-26-19/h1-10,15,17,21-22,25,29H,11-14H2,(H,26,27)/t17?,21-,22-/m1/s1. The molecule has 6 heteroatoms. The van der Waals surface area contributed by atoms with E-state index in [4.69, 9.17) is 0 Å². The number of aliphatic hydroxyl groups excluding tert-OH is 1. The molecule has 0 aliphatic heterocycles. The molecule has 1 aliphatic rings. The lowest BCUT2D eigenvalue weighted by atomic mass is 10.1. The number of H-pyrrole nitrogens is 1. The van der Waals surface area contributed by atoms with E-state index in [1.54, 1.807) is 6.33 Å². The van der Waals surface area contributed by atoms with Gasteiger partial charge in [-0.05, 0) is 36.5 Å². The van der Waals surface area contributed by atoms with E-state index in [0.29, 0.717) is 5.92 Å². The number of aliphatic hydroxyl groups is 1. The van der Waals surface area contributed by atoms with Gasteiger partial charge in [-0.25, -0.2) is 9.97 Å².